The van der Waals surface area contributed by atoms with Crippen molar-refractivity contribution in [3.8, 4) is 0 Å². The van der Waals surface area contributed by atoms with E-state index in [9.17, 15) is 14.7 Å². The first-order chi connectivity index (χ1) is 14.5. The Morgan fingerprint density at radius 1 is 1.13 bits per heavy atom. The number of amides is 2. The van der Waals surface area contributed by atoms with E-state index in [1.54, 1.807) is 36.1 Å². The zero-order valence-electron chi connectivity index (χ0n) is 16.8. The molecule has 2 heterocycles. The minimum Gasteiger partial charge on any atom is -0.477 e. The highest BCUT2D eigenvalue weighted by Crippen LogP contribution is 2.24. The van der Waals surface area contributed by atoms with Gasteiger partial charge in [0.2, 0.25) is 0 Å². The Balaban J connectivity index is 1.81. The Kier molecular flexibility index (Phi) is 6.53. The quantitative estimate of drug-likeness (QED) is 0.388. The van der Waals surface area contributed by atoms with Gasteiger partial charge in [-0.05, 0) is 25.1 Å². The summed E-state index contributed by atoms with van der Waals surface area (Å²) >= 11 is 0. The minimum atomic E-state index is -0.987. The summed E-state index contributed by atoms with van der Waals surface area (Å²) in [4.78, 5) is 27.4. The van der Waals surface area contributed by atoms with Crippen molar-refractivity contribution in [3.63, 3.8) is 0 Å². The molecule has 0 saturated heterocycles. The van der Waals surface area contributed by atoms with Gasteiger partial charge < -0.3 is 25.6 Å². The number of hydrogen-bond acceptors (Lipinski definition) is 5. The number of carboxylic acid groups (broad SMARTS) is 1. The predicted molar refractivity (Wildman–Crippen MR) is 116 cm³/mol. The van der Waals surface area contributed by atoms with Crippen molar-refractivity contribution in [2.45, 2.75) is 13.5 Å². The molecule has 0 bridgehead atoms. The molecule has 2 amide bonds. The number of aryl methyl sites for hydroxylation is 1. The summed E-state index contributed by atoms with van der Waals surface area (Å²) in [6, 6.07) is 12.7. The van der Waals surface area contributed by atoms with E-state index in [-0.39, 0.29) is 11.7 Å². The summed E-state index contributed by atoms with van der Waals surface area (Å²) in [5.41, 5.74) is 3.39. The molecule has 2 aromatic heterocycles. The van der Waals surface area contributed by atoms with Gasteiger partial charge in [0.25, 0.3) is 0 Å². The number of nitrogens with one attached hydrogen (secondary N) is 4. The Labute approximate surface area is 174 Å². The zero-order valence-corrected chi connectivity index (χ0v) is 16.8. The van der Waals surface area contributed by atoms with Crippen LogP contribution in [0.1, 0.15) is 23.0 Å². The van der Waals surface area contributed by atoms with E-state index in [1.807, 2.05) is 37.3 Å². The predicted octanol–water partition coefficient (Wildman–Crippen LogP) is 3.62. The van der Waals surface area contributed by atoms with Gasteiger partial charge in [0, 0.05) is 55.5 Å². The van der Waals surface area contributed by atoms with Crippen molar-refractivity contribution in [2.75, 3.05) is 22.5 Å². The number of pyridine rings is 1. The molecule has 0 atom stereocenters. The van der Waals surface area contributed by atoms with Gasteiger partial charge in [-0.15, -0.1) is 0 Å². The number of hydrogen-bond donors (Lipinski definition) is 5. The van der Waals surface area contributed by atoms with Gasteiger partial charge in [-0.1, -0.05) is 18.2 Å². The molecule has 0 spiro atoms. The molecule has 9 heteroatoms. The molecule has 9 nitrogen and oxygen atoms in total. The van der Waals surface area contributed by atoms with Crippen molar-refractivity contribution < 1.29 is 14.7 Å². The van der Waals surface area contributed by atoms with Crippen LogP contribution in [0.3, 0.4) is 0 Å². The first-order valence-corrected chi connectivity index (χ1v) is 9.45. The zero-order chi connectivity index (χ0) is 21.5. The van der Waals surface area contributed by atoms with Crippen LogP contribution >= 0.6 is 0 Å². The second-order valence-corrected chi connectivity index (χ2v) is 6.59. The maximum absolute atomic E-state index is 11.8. The van der Waals surface area contributed by atoms with Crippen LogP contribution in [0.5, 0.6) is 0 Å². The number of carboxylic acids is 1. The summed E-state index contributed by atoms with van der Waals surface area (Å²) in [6.45, 7) is 2.76. The largest absolute Gasteiger partial charge is 0.477 e. The summed E-state index contributed by atoms with van der Waals surface area (Å²) in [5, 5.41) is 21.1. The van der Waals surface area contributed by atoms with Crippen molar-refractivity contribution in [1.29, 1.82) is 0 Å². The fraction of sp³-hybridized carbons (Fsp3) is 0.190. The highest BCUT2D eigenvalue weighted by molar-refractivity contribution is 5.89. The SMILES string of the molecule is CCNC(=O)Nc1cc(Nc2ccccc2)c(CNc2cc(C(=O)O)n(C)c2)cn1. The Morgan fingerprint density at radius 2 is 1.90 bits per heavy atom. The van der Waals surface area contributed by atoms with E-state index in [2.05, 4.69) is 26.3 Å². The third-order valence-corrected chi connectivity index (χ3v) is 4.33. The van der Waals surface area contributed by atoms with E-state index >= 15 is 0 Å². The van der Waals surface area contributed by atoms with Gasteiger partial charge in [0.1, 0.15) is 11.5 Å². The van der Waals surface area contributed by atoms with Gasteiger partial charge >= 0.3 is 12.0 Å². The normalized spacial score (nSPS) is 10.3. The molecular weight excluding hydrogens is 384 g/mol. The number of carbonyl (C=O) groups is 2. The van der Waals surface area contributed by atoms with Crippen molar-refractivity contribution in [1.82, 2.24) is 14.9 Å². The number of carbonyl (C=O) groups excluding carboxylic acids is 1. The Hall–Kier alpha value is -4.01. The molecule has 0 unspecified atom stereocenters. The number of rotatable bonds is 8. The Bertz CT molecular complexity index is 1030. The van der Waals surface area contributed by atoms with Gasteiger partial charge in [-0.25, -0.2) is 14.6 Å². The highest BCUT2D eigenvalue weighted by atomic mass is 16.4. The number of aromatic carboxylic acids is 1. The minimum absolute atomic E-state index is 0.194. The van der Waals surface area contributed by atoms with Crippen LogP contribution in [0.15, 0.2) is 54.9 Å². The average Bonchev–Trinajstić information content (AvgIpc) is 3.09. The van der Waals surface area contributed by atoms with E-state index < -0.39 is 5.97 Å². The summed E-state index contributed by atoms with van der Waals surface area (Å²) in [6.07, 6.45) is 3.38. The van der Waals surface area contributed by atoms with Crippen LogP contribution in [-0.4, -0.2) is 33.2 Å². The number of benzene rings is 1. The first kappa shape index (κ1) is 20.7. The molecule has 0 aliphatic heterocycles. The fourth-order valence-electron chi connectivity index (χ4n) is 2.88. The van der Waals surface area contributed by atoms with E-state index in [0.29, 0.717) is 24.6 Å². The average molecular weight is 408 g/mol. The van der Waals surface area contributed by atoms with Crippen LogP contribution < -0.4 is 21.3 Å². The lowest BCUT2D eigenvalue weighted by Crippen LogP contribution is -2.28. The van der Waals surface area contributed by atoms with Gasteiger partial charge in [0.05, 0.1) is 5.69 Å². The molecule has 3 aromatic rings. The lowest BCUT2D eigenvalue weighted by molar-refractivity contribution is 0.0686. The lowest BCUT2D eigenvalue weighted by atomic mass is 10.2. The van der Waals surface area contributed by atoms with Gasteiger partial charge in [-0.2, -0.15) is 0 Å². The van der Waals surface area contributed by atoms with Gasteiger partial charge in [0.15, 0.2) is 0 Å². The highest BCUT2D eigenvalue weighted by Gasteiger charge is 2.12. The number of para-hydroxylation sites is 1. The van der Waals surface area contributed by atoms with Crippen molar-refractivity contribution in [2.24, 2.45) is 7.05 Å². The topological polar surface area (TPSA) is 120 Å². The summed E-state index contributed by atoms with van der Waals surface area (Å²) in [7, 11) is 1.68. The van der Waals surface area contributed by atoms with Crippen molar-refractivity contribution >= 4 is 34.9 Å². The lowest BCUT2D eigenvalue weighted by Gasteiger charge is -2.15. The first-order valence-electron chi connectivity index (χ1n) is 9.45. The third-order valence-electron chi connectivity index (χ3n) is 4.33. The molecule has 1 aromatic carbocycles. The van der Waals surface area contributed by atoms with Gasteiger partial charge in [-0.3, -0.25) is 5.32 Å². The maximum atomic E-state index is 11.8. The standard InChI is InChI=1S/C21H24N6O3/c1-3-22-21(30)26-19-10-17(25-15-7-5-4-6-8-15)14(12-24-19)11-23-16-9-18(20(28)29)27(2)13-16/h4-10,12-13,23H,3,11H2,1-2H3,(H,28,29)(H3,22,24,25,26,30). The number of anilines is 4. The molecular formula is C21H24N6O3. The number of urea groups is 1. The second kappa shape index (κ2) is 9.46. The van der Waals surface area contributed by atoms with E-state index in [4.69, 9.17) is 0 Å². The van der Waals surface area contributed by atoms with Crippen LogP contribution in [0, 0.1) is 0 Å². The van der Waals surface area contributed by atoms with Crippen LogP contribution in [0.2, 0.25) is 0 Å². The van der Waals surface area contributed by atoms with Crippen LogP contribution in [0.4, 0.5) is 27.7 Å². The molecule has 3 rings (SSSR count). The van der Waals surface area contributed by atoms with Crippen molar-refractivity contribution in [3.05, 3.63) is 66.1 Å². The Morgan fingerprint density at radius 3 is 2.57 bits per heavy atom. The third kappa shape index (κ3) is 5.28. The summed E-state index contributed by atoms with van der Waals surface area (Å²) in [5.74, 6) is -0.574. The van der Waals surface area contributed by atoms with E-state index in [0.717, 1.165) is 16.9 Å². The summed E-state index contributed by atoms with van der Waals surface area (Å²) < 4.78 is 1.55. The van der Waals surface area contributed by atoms with Crippen LogP contribution in [0.25, 0.3) is 0 Å². The molecule has 0 radical (unpaired) electrons. The maximum Gasteiger partial charge on any atom is 0.352 e. The molecule has 0 aliphatic carbocycles. The number of aromatic nitrogens is 2. The molecule has 5 N–H and O–H groups in total. The monoisotopic (exact) mass is 408 g/mol. The molecule has 0 aliphatic rings. The second-order valence-electron chi connectivity index (χ2n) is 6.59. The number of nitrogens with zero attached hydrogens (tertiary/aromatic N) is 2. The fourth-order valence-corrected chi connectivity index (χ4v) is 2.88. The molecule has 0 saturated carbocycles. The molecule has 30 heavy (non-hydrogen) atoms. The molecule has 0 fully saturated rings. The molecule has 156 valence electrons. The van der Waals surface area contributed by atoms with Crippen LogP contribution in [-0.2, 0) is 13.6 Å². The van der Waals surface area contributed by atoms with E-state index in [1.165, 1.54) is 0 Å². The smallest absolute Gasteiger partial charge is 0.352 e.